The third-order valence-corrected chi connectivity index (χ3v) is 3.85. The first-order chi connectivity index (χ1) is 9.45. The van der Waals surface area contributed by atoms with Gasteiger partial charge < -0.3 is 16.0 Å². The molecule has 0 radical (unpaired) electrons. The lowest BCUT2D eigenvalue weighted by Gasteiger charge is -2.37. The average molecular weight is 276 g/mol. The number of hydrogen-bond donors (Lipinski definition) is 2. The maximum atomic E-state index is 12.2. The topological polar surface area (TPSA) is 61.6 Å². The van der Waals surface area contributed by atoms with Gasteiger partial charge in [0.1, 0.15) is 0 Å². The van der Waals surface area contributed by atoms with Crippen molar-refractivity contribution in [3.63, 3.8) is 0 Å². The molecule has 110 valence electrons. The summed E-state index contributed by atoms with van der Waals surface area (Å²) in [4.78, 5) is 16.7. The van der Waals surface area contributed by atoms with E-state index in [1.165, 1.54) is 0 Å². The number of likely N-dealkylation sites (N-methyl/N-ethyl adjacent to an activating group) is 1. The van der Waals surface area contributed by atoms with Crippen molar-refractivity contribution in [3.05, 3.63) is 23.8 Å². The van der Waals surface area contributed by atoms with Gasteiger partial charge in [-0.1, -0.05) is 6.07 Å². The van der Waals surface area contributed by atoms with Crippen molar-refractivity contribution in [3.8, 4) is 0 Å². The first kappa shape index (κ1) is 14.8. The van der Waals surface area contributed by atoms with E-state index >= 15 is 0 Å². The van der Waals surface area contributed by atoms with Gasteiger partial charge in [0.25, 0.3) is 0 Å². The zero-order valence-corrected chi connectivity index (χ0v) is 12.5. The van der Waals surface area contributed by atoms with Crippen molar-refractivity contribution < 1.29 is 4.79 Å². The van der Waals surface area contributed by atoms with Crippen LogP contribution in [0.3, 0.4) is 0 Å². The van der Waals surface area contributed by atoms with Crippen LogP contribution in [0, 0.1) is 6.92 Å². The molecule has 0 bridgehead atoms. The van der Waals surface area contributed by atoms with E-state index in [1.807, 2.05) is 19.1 Å². The molecule has 1 atom stereocenters. The Morgan fingerprint density at radius 3 is 2.90 bits per heavy atom. The largest absolute Gasteiger partial charge is 0.399 e. The zero-order chi connectivity index (χ0) is 14.7. The van der Waals surface area contributed by atoms with Crippen LogP contribution >= 0.6 is 0 Å². The van der Waals surface area contributed by atoms with Crippen molar-refractivity contribution in [2.45, 2.75) is 19.9 Å². The third kappa shape index (κ3) is 3.71. The molecule has 1 aromatic rings. The van der Waals surface area contributed by atoms with Gasteiger partial charge in [0.15, 0.2) is 0 Å². The van der Waals surface area contributed by atoms with Crippen LogP contribution in [0.2, 0.25) is 0 Å². The summed E-state index contributed by atoms with van der Waals surface area (Å²) >= 11 is 0. The van der Waals surface area contributed by atoms with E-state index in [4.69, 9.17) is 5.73 Å². The van der Waals surface area contributed by atoms with Crippen LogP contribution in [0.5, 0.6) is 0 Å². The Balaban J connectivity index is 1.94. The minimum absolute atomic E-state index is 0.0232. The fourth-order valence-electron chi connectivity index (χ4n) is 2.56. The van der Waals surface area contributed by atoms with Gasteiger partial charge >= 0.3 is 0 Å². The van der Waals surface area contributed by atoms with E-state index in [9.17, 15) is 4.79 Å². The predicted octanol–water partition coefficient (Wildman–Crippen LogP) is 1.15. The number of nitrogens with zero attached hydrogens (tertiary/aromatic N) is 2. The highest BCUT2D eigenvalue weighted by Crippen LogP contribution is 2.18. The molecule has 1 aromatic carbocycles. The number of anilines is 2. The van der Waals surface area contributed by atoms with Crippen molar-refractivity contribution >= 4 is 17.3 Å². The fourth-order valence-corrected chi connectivity index (χ4v) is 2.56. The van der Waals surface area contributed by atoms with Crippen molar-refractivity contribution in [2.24, 2.45) is 0 Å². The molecular weight excluding hydrogens is 252 g/mol. The summed E-state index contributed by atoms with van der Waals surface area (Å²) in [5.74, 6) is 0.0232. The molecule has 1 aliphatic heterocycles. The maximum Gasteiger partial charge on any atom is 0.238 e. The molecule has 1 fully saturated rings. The van der Waals surface area contributed by atoms with Crippen LogP contribution in [-0.2, 0) is 4.79 Å². The Hall–Kier alpha value is -1.59. The van der Waals surface area contributed by atoms with Gasteiger partial charge in [-0.15, -0.1) is 0 Å². The van der Waals surface area contributed by atoms with E-state index < -0.39 is 0 Å². The summed E-state index contributed by atoms with van der Waals surface area (Å²) < 4.78 is 0. The van der Waals surface area contributed by atoms with E-state index in [-0.39, 0.29) is 5.91 Å². The molecule has 3 N–H and O–H groups in total. The van der Waals surface area contributed by atoms with Gasteiger partial charge in [0, 0.05) is 37.1 Å². The molecule has 1 heterocycles. The van der Waals surface area contributed by atoms with Crippen LogP contribution in [-0.4, -0.2) is 55.0 Å². The van der Waals surface area contributed by atoms with Gasteiger partial charge in [-0.2, -0.15) is 0 Å². The number of amides is 1. The standard InChI is InChI=1S/C15H24N4O/c1-11-4-5-13(16)8-14(11)17-15(20)10-19-7-6-18(3)9-12(19)2/h4-5,8,12H,6-7,9-10,16H2,1-3H3,(H,17,20). The highest BCUT2D eigenvalue weighted by Gasteiger charge is 2.23. The van der Waals surface area contributed by atoms with Crippen molar-refractivity contribution in [1.82, 2.24) is 9.80 Å². The van der Waals surface area contributed by atoms with Crippen LogP contribution in [0.4, 0.5) is 11.4 Å². The molecular formula is C15H24N4O. The second kappa shape index (κ2) is 6.24. The first-order valence-electron chi connectivity index (χ1n) is 7.04. The van der Waals surface area contributed by atoms with E-state index in [1.54, 1.807) is 6.07 Å². The summed E-state index contributed by atoms with van der Waals surface area (Å²) in [5.41, 5.74) is 8.25. The minimum Gasteiger partial charge on any atom is -0.399 e. The molecule has 20 heavy (non-hydrogen) atoms. The van der Waals surface area contributed by atoms with Gasteiger partial charge in [-0.25, -0.2) is 0 Å². The van der Waals surface area contributed by atoms with E-state index in [0.717, 1.165) is 30.9 Å². The molecule has 0 spiro atoms. The molecule has 0 aromatic heterocycles. The van der Waals surface area contributed by atoms with Gasteiger partial charge in [0.2, 0.25) is 5.91 Å². The van der Waals surface area contributed by atoms with Crippen LogP contribution < -0.4 is 11.1 Å². The number of hydrogen-bond acceptors (Lipinski definition) is 4. The number of nitrogens with one attached hydrogen (secondary N) is 1. The Kier molecular flexibility index (Phi) is 4.62. The summed E-state index contributed by atoms with van der Waals surface area (Å²) in [6.45, 7) is 7.51. The number of carbonyl (C=O) groups excluding carboxylic acids is 1. The average Bonchev–Trinajstić information content (AvgIpc) is 2.37. The molecule has 2 rings (SSSR count). The Labute approximate surface area is 120 Å². The van der Waals surface area contributed by atoms with E-state index in [2.05, 4.69) is 29.1 Å². The van der Waals surface area contributed by atoms with Gasteiger partial charge in [-0.05, 0) is 38.6 Å². The fraction of sp³-hybridized carbons (Fsp3) is 0.533. The highest BCUT2D eigenvalue weighted by atomic mass is 16.2. The Morgan fingerprint density at radius 1 is 1.45 bits per heavy atom. The van der Waals surface area contributed by atoms with Gasteiger partial charge in [0.05, 0.1) is 6.54 Å². The molecule has 0 saturated carbocycles. The predicted molar refractivity (Wildman–Crippen MR) is 82.8 cm³/mol. The third-order valence-electron chi connectivity index (χ3n) is 3.85. The maximum absolute atomic E-state index is 12.2. The second-order valence-electron chi connectivity index (χ2n) is 5.70. The molecule has 1 amide bonds. The lowest BCUT2D eigenvalue weighted by molar-refractivity contribution is -0.118. The Bertz CT molecular complexity index is 489. The Morgan fingerprint density at radius 2 is 2.20 bits per heavy atom. The molecule has 5 heteroatoms. The molecule has 5 nitrogen and oxygen atoms in total. The normalized spacial score (nSPS) is 20.9. The van der Waals surface area contributed by atoms with Crippen LogP contribution in [0.15, 0.2) is 18.2 Å². The first-order valence-corrected chi connectivity index (χ1v) is 7.04. The summed E-state index contributed by atoms with van der Waals surface area (Å²) in [7, 11) is 2.12. The number of aryl methyl sites for hydroxylation is 1. The zero-order valence-electron chi connectivity index (χ0n) is 12.5. The van der Waals surface area contributed by atoms with Gasteiger partial charge in [-0.3, -0.25) is 9.69 Å². The van der Waals surface area contributed by atoms with Crippen LogP contribution in [0.25, 0.3) is 0 Å². The number of carbonyl (C=O) groups is 1. The SMILES string of the molecule is Cc1ccc(N)cc1NC(=O)CN1CCN(C)CC1C. The van der Waals surface area contributed by atoms with Crippen LogP contribution in [0.1, 0.15) is 12.5 Å². The minimum atomic E-state index is 0.0232. The molecule has 1 saturated heterocycles. The summed E-state index contributed by atoms with van der Waals surface area (Å²) in [6, 6.07) is 5.97. The molecule has 0 aliphatic carbocycles. The number of benzene rings is 1. The molecule has 1 unspecified atom stereocenters. The molecule has 1 aliphatic rings. The quantitative estimate of drug-likeness (QED) is 0.813. The number of piperazine rings is 1. The number of nitrogens with two attached hydrogens (primary N) is 1. The monoisotopic (exact) mass is 276 g/mol. The lowest BCUT2D eigenvalue weighted by Crippen LogP contribution is -2.52. The second-order valence-corrected chi connectivity index (χ2v) is 5.70. The summed E-state index contributed by atoms with van der Waals surface area (Å²) in [6.07, 6.45) is 0. The van der Waals surface area contributed by atoms with Crippen molar-refractivity contribution in [2.75, 3.05) is 44.3 Å². The smallest absolute Gasteiger partial charge is 0.238 e. The number of rotatable bonds is 3. The number of nitrogen functional groups attached to an aromatic ring is 1. The van der Waals surface area contributed by atoms with Crippen molar-refractivity contribution in [1.29, 1.82) is 0 Å². The van der Waals surface area contributed by atoms with E-state index in [0.29, 0.717) is 18.3 Å². The lowest BCUT2D eigenvalue weighted by atomic mass is 10.1. The highest BCUT2D eigenvalue weighted by molar-refractivity contribution is 5.93. The summed E-state index contributed by atoms with van der Waals surface area (Å²) in [5, 5.41) is 2.96.